The van der Waals surface area contributed by atoms with Gasteiger partial charge < -0.3 is 0 Å². The van der Waals surface area contributed by atoms with Gasteiger partial charge in [0.2, 0.25) is 11.2 Å². The molecular weight excluding hydrogens is 378 g/mol. The van der Waals surface area contributed by atoms with Crippen molar-refractivity contribution in [2.45, 2.75) is 26.4 Å². The standard InChI is InChI=1S/C23H23N5O2/c1-16-9-11-17(12-10-16)15-28-21(29)19-20(25(2)23(28)30)24-22-26(13-6-14-27(19)22)18-7-4-3-5-8-18/h3-5,7-12H,6,13-15H2,1-2H3/p+1. The molecule has 0 amide bonds. The summed E-state index contributed by atoms with van der Waals surface area (Å²) in [6, 6.07) is 18.0. The van der Waals surface area contributed by atoms with Gasteiger partial charge in [-0.05, 0) is 24.6 Å². The monoisotopic (exact) mass is 402 g/mol. The van der Waals surface area contributed by atoms with E-state index in [-0.39, 0.29) is 17.8 Å². The lowest BCUT2D eigenvalue weighted by molar-refractivity contribution is -0.663. The fourth-order valence-electron chi connectivity index (χ4n) is 4.22. The minimum Gasteiger partial charge on any atom is -0.267 e. The second kappa shape index (κ2) is 7.02. The van der Waals surface area contributed by atoms with E-state index < -0.39 is 0 Å². The number of imidazole rings is 1. The summed E-state index contributed by atoms with van der Waals surface area (Å²) < 4.78 is 4.88. The number of fused-ring (bicyclic) bond motifs is 3. The van der Waals surface area contributed by atoms with Crippen molar-refractivity contribution in [3.63, 3.8) is 0 Å². The van der Waals surface area contributed by atoms with E-state index in [1.54, 1.807) is 11.6 Å². The number of hydrogen-bond acceptors (Lipinski definition) is 3. The third-order valence-corrected chi connectivity index (χ3v) is 5.83. The summed E-state index contributed by atoms with van der Waals surface area (Å²) in [4.78, 5) is 32.0. The molecule has 1 aliphatic heterocycles. The van der Waals surface area contributed by atoms with Gasteiger partial charge in [0.25, 0.3) is 5.56 Å². The summed E-state index contributed by atoms with van der Waals surface area (Å²) in [6.45, 7) is 3.85. The molecule has 0 saturated carbocycles. The van der Waals surface area contributed by atoms with E-state index in [0.29, 0.717) is 11.2 Å². The maximum absolute atomic E-state index is 13.4. The number of rotatable bonds is 3. The van der Waals surface area contributed by atoms with Gasteiger partial charge in [-0.3, -0.25) is 13.9 Å². The zero-order valence-electron chi connectivity index (χ0n) is 17.1. The summed E-state index contributed by atoms with van der Waals surface area (Å²) in [6.07, 6.45) is 0.916. The van der Waals surface area contributed by atoms with E-state index in [4.69, 9.17) is 0 Å². The number of nitrogens with one attached hydrogen (secondary N) is 1. The number of aromatic amines is 1. The Hall–Kier alpha value is -3.61. The largest absolute Gasteiger partial charge is 0.364 e. The van der Waals surface area contributed by atoms with Crippen LogP contribution in [0.5, 0.6) is 0 Å². The number of aryl methyl sites for hydroxylation is 3. The van der Waals surface area contributed by atoms with Crippen LogP contribution in [0.1, 0.15) is 17.5 Å². The van der Waals surface area contributed by atoms with Gasteiger partial charge in [0, 0.05) is 13.5 Å². The molecule has 152 valence electrons. The molecule has 4 aromatic rings. The Morgan fingerprint density at radius 3 is 2.50 bits per heavy atom. The van der Waals surface area contributed by atoms with Crippen LogP contribution in [0.25, 0.3) is 11.2 Å². The Morgan fingerprint density at radius 2 is 1.77 bits per heavy atom. The number of benzene rings is 2. The molecule has 0 spiro atoms. The van der Waals surface area contributed by atoms with Gasteiger partial charge in [0.05, 0.1) is 19.6 Å². The zero-order chi connectivity index (χ0) is 20.8. The normalized spacial score (nSPS) is 13.6. The maximum Gasteiger partial charge on any atom is 0.364 e. The summed E-state index contributed by atoms with van der Waals surface area (Å²) >= 11 is 0. The summed E-state index contributed by atoms with van der Waals surface area (Å²) in [5.41, 5.74) is 3.65. The number of para-hydroxylation sites is 1. The van der Waals surface area contributed by atoms with Crippen LogP contribution in [0.3, 0.4) is 0 Å². The first kappa shape index (κ1) is 18.4. The van der Waals surface area contributed by atoms with Crippen molar-refractivity contribution >= 4 is 22.8 Å². The lowest BCUT2D eigenvalue weighted by atomic mass is 10.1. The molecule has 5 rings (SSSR count). The third-order valence-electron chi connectivity index (χ3n) is 5.83. The lowest BCUT2D eigenvalue weighted by Gasteiger charge is -2.21. The van der Waals surface area contributed by atoms with E-state index >= 15 is 0 Å². The van der Waals surface area contributed by atoms with Crippen LogP contribution in [-0.4, -0.2) is 20.7 Å². The maximum atomic E-state index is 13.4. The average molecular weight is 402 g/mol. The van der Waals surface area contributed by atoms with Crippen LogP contribution >= 0.6 is 0 Å². The highest BCUT2D eigenvalue weighted by Crippen LogP contribution is 2.25. The number of H-pyrrole nitrogens is 1. The minimum absolute atomic E-state index is 0.255. The van der Waals surface area contributed by atoms with Crippen molar-refractivity contribution in [3.8, 4) is 0 Å². The van der Waals surface area contributed by atoms with Crippen molar-refractivity contribution in [1.29, 1.82) is 0 Å². The molecule has 7 heteroatoms. The van der Waals surface area contributed by atoms with Crippen LogP contribution in [0, 0.1) is 6.92 Å². The summed E-state index contributed by atoms with van der Waals surface area (Å²) in [7, 11) is 1.71. The Morgan fingerprint density at radius 1 is 1.03 bits per heavy atom. The lowest BCUT2D eigenvalue weighted by Crippen LogP contribution is -2.49. The molecule has 0 bridgehead atoms. The van der Waals surface area contributed by atoms with Gasteiger partial charge in [-0.1, -0.05) is 48.0 Å². The van der Waals surface area contributed by atoms with Crippen LogP contribution in [-0.2, 0) is 20.1 Å². The second-order valence-corrected chi connectivity index (χ2v) is 7.86. The van der Waals surface area contributed by atoms with Crippen molar-refractivity contribution in [2.75, 3.05) is 11.4 Å². The molecule has 0 radical (unpaired) electrons. The third kappa shape index (κ3) is 2.85. The van der Waals surface area contributed by atoms with E-state index in [1.165, 1.54) is 4.57 Å². The predicted molar refractivity (Wildman–Crippen MR) is 116 cm³/mol. The fourth-order valence-corrected chi connectivity index (χ4v) is 4.22. The first-order valence-corrected chi connectivity index (χ1v) is 10.2. The molecule has 1 N–H and O–H groups in total. The van der Waals surface area contributed by atoms with Crippen molar-refractivity contribution in [1.82, 2.24) is 14.1 Å². The second-order valence-electron chi connectivity index (χ2n) is 7.86. The Bertz CT molecular complexity index is 1350. The molecule has 1 aliphatic rings. The van der Waals surface area contributed by atoms with E-state index in [0.717, 1.165) is 42.3 Å². The Kier molecular flexibility index (Phi) is 4.31. The highest BCUT2D eigenvalue weighted by Gasteiger charge is 2.33. The molecule has 0 aliphatic carbocycles. The molecule has 7 nitrogen and oxygen atoms in total. The number of hydrogen-bond donors (Lipinski definition) is 1. The highest BCUT2D eigenvalue weighted by atomic mass is 16.2. The van der Waals surface area contributed by atoms with Crippen LogP contribution in [0.4, 0.5) is 11.6 Å². The van der Waals surface area contributed by atoms with Gasteiger partial charge in [0.1, 0.15) is 5.69 Å². The summed E-state index contributed by atoms with van der Waals surface area (Å²) in [5, 5.41) is 0. The topological polar surface area (TPSA) is 66.9 Å². The van der Waals surface area contributed by atoms with E-state index in [1.807, 2.05) is 54.0 Å². The quantitative estimate of drug-likeness (QED) is 0.535. The minimum atomic E-state index is -0.321. The Balaban J connectivity index is 1.70. The highest BCUT2D eigenvalue weighted by molar-refractivity contribution is 5.70. The van der Waals surface area contributed by atoms with Gasteiger partial charge in [0.15, 0.2) is 0 Å². The average Bonchev–Trinajstić information content (AvgIpc) is 3.17. The molecule has 3 heterocycles. The fraction of sp³-hybridized carbons (Fsp3) is 0.261. The molecule has 0 unspecified atom stereocenters. The number of aromatic nitrogens is 4. The number of anilines is 2. The Labute approximate surface area is 173 Å². The van der Waals surface area contributed by atoms with Gasteiger partial charge >= 0.3 is 11.6 Å². The first-order valence-electron chi connectivity index (χ1n) is 10.2. The SMILES string of the molecule is Cc1ccc(Cn2c(=O)c3c([nH]c4[n+]3CCCN4c3ccccc3)n(C)c2=O)cc1. The van der Waals surface area contributed by atoms with Gasteiger partial charge in [-0.2, -0.15) is 0 Å². The van der Waals surface area contributed by atoms with Crippen LogP contribution < -0.4 is 20.7 Å². The molecule has 2 aromatic heterocycles. The van der Waals surface area contributed by atoms with Crippen LogP contribution in [0.15, 0.2) is 64.2 Å². The van der Waals surface area contributed by atoms with Crippen LogP contribution in [0.2, 0.25) is 0 Å². The van der Waals surface area contributed by atoms with Gasteiger partial charge in [-0.15, -0.1) is 0 Å². The molecule has 0 atom stereocenters. The molecular formula is C23H24N5O2+. The first-order chi connectivity index (χ1) is 14.5. The van der Waals surface area contributed by atoms with Crippen molar-refractivity contribution in [2.24, 2.45) is 7.05 Å². The van der Waals surface area contributed by atoms with Crippen molar-refractivity contribution in [3.05, 3.63) is 86.6 Å². The molecule has 0 fully saturated rings. The van der Waals surface area contributed by atoms with E-state index in [9.17, 15) is 9.59 Å². The molecule has 0 saturated heterocycles. The molecule has 30 heavy (non-hydrogen) atoms. The van der Waals surface area contributed by atoms with Crippen molar-refractivity contribution < 1.29 is 4.57 Å². The van der Waals surface area contributed by atoms with E-state index in [2.05, 4.69) is 22.0 Å². The number of nitrogens with zero attached hydrogens (tertiary/aromatic N) is 4. The summed E-state index contributed by atoms with van der Waals surface area (Å²) in [5.74, 6) is 0.836. The molecule has 2 aromatic carbocycles. The predicted octanol–water partition coefficient (Wildman–Crippen LogP) is 2.21. The zero-order valence-corrected chi connectivity index (χ0v) is 17.1. The van der Waals surface area contributed by atoms with Gasteiger partial charge in [-0.25, -0.2) is 19.2 Å². The smallest absolute Gasteiger partial charge is 0.267 e.